The Labute approximate surface area is 205 Å². The lowest BCUT2D eigenvalue weighted by Gasteiger charge is -2.25. The number of nitrogens with two attached hydrogens (primary N) is 2. The van der Waals surface area contributed by atoms with Crippen LogP contribution >= 0.6 is 11.8 Å². The van der Waals surface area contributed by atoms with Gasteiger partial charge in [-0.1, -0.05) is 27.7 Å². The number of aliphatic carboxylic acids is 1. The van der Waals surface area contributed by atoms with Crippen molar-refractivity contribution in [3.63, 3.8) is 0 Å². The van der Waals surface area contributed by atoms with Crippen LogP contribution in [0.1, 0.15) is 59.8 Å². The third-order valence-corrected chi connectivity index (χ3v) is 5.58. The highest BCUT2D eigenvalue weighted by atomic mass is 32.2. The fraction of sp³-hybridized carbons (Fsp3) is 0.773. The predicted molar refractivity (Wildman–Crippen MR) is 132 cm³/mol. The van der Waals surface area contributed by atoms with E-state index in [1.54, 1.807) is 0 Å². The first kappa shape index (κ1) is 31.7. The summed E-state index contributed by atoms with van der Waals surface area (Å²) in [5.74, 6) is -2.96. The number of carbonyl (C=O) groups excluding carboxylic acids is 4. The molecular formula is C22H41N5O6S. The van der Waals surface area contributed by atoms with Gasteiger partial charge in [0.1, 0.15) is 18.1 Å². The van der Waals surface area contributed by atoms with Gasteiger partial charge in [-0.25, -0.2) is 4.79 Å². The smallest absolute Gasteiger partial charge is 0.326 e. The van der Waals surface area contributed by atoms with E-state index in [1.807, 2.05) is 34.0 Å². The number of rotatable bonds is 17. The molecule has 4 unspecified atom stereocenters. The number of hydrogen-bond donors (Lipinski definition) is 6. The highest BCUT2D eigenvalue weighted by Gasteiger charge is 2.30. The number of hydrogen-bond acceptors (Lipinski definition) is 7. The van der Waals surface area contributed by atoms with Crippen LogP contribution in [0.25, 0.3) is 0 Å². The zero-order chi connectivity index (χ0) is 26.4. The van der Waals surface area contributed by atoms with Gasteiger partial charge >= 0.3 is 5.97 Å². The highest BCUT2D eigenvalue weighted by Crippen LogP contribution is 2.09. The van der Waals surface area contributed by atoms with Crippen LogP contribution in [0.2, 0.25) is 0 Å². The lowest BCUT2D eigenvalue weighted by Crippen LogP contribution is -2.57. The normalized spacial score (nSPS) is 14.7. The molecule has 0 saturated heterocycles. The summed E-state index contributed by atoms with van der Waals surface area (Å²) in [6.45, 7) is 7.49. The Morgan fingerprint density at radius 3 is 1.71 bits per heavy atom. The maximum Gasteiger partial charge on any atom is 0.326 e. The SMILES string of the molecule is CSCCC(NC(=O)C(N)CC(C)C)C(=O)NC(CCC(N)=O)C(=O)NC(CC(C)C)C(=O)O. The zero-order valence-electron chi connectivity index (χ0n) is 20.8. The molecule has 8 N–H and O–H groups in total. The van der Waals surface area contributed by atoms with Crippen LogP contribution in [0.5, 0.6) is 0 Å². The minimum Gasteiger partial charge on any atom is -0.480 e. The fourth-order valence-corrected chi connectivity index (χ4v) is 3.66. The van der Waals surface area contributed by atoms with Crippen LogP contribution in [0, 0.1) is 11.8 Å². The number of thioether (sulfide) groups is 1. The van der Waals surface area contributed by atoms with Crippen LogP contribution in [0.4, 0.5) is 0 Å². The average Bonchev–Trinajstić information content (AvgIpc) is 2.71. The van der Waals surface area contributed by atoms with Crippen LogP contribution < -0.4 is 27.4 Å². The van der Waals surface area contributed by atoms with Crippen molar-refractivity contribution in [3.05, 3.63) is 0 Å². The Kier molecular flexibility index (Phi) is 15.2. The molecule has 0 fully saturated rings. The number of carbonyl (C=O) groups is 5. The lowest BCUT2D eigenvalue weighted by molar-refractivity contribution is -0.143. The van der Waals surface area contributed by atoms with Crippen LogP contribution in [-0.4, -0.2) is 70.9 Å². The molecule has 0 spiro atoms. The predicted octanol–water partition coefficient (Wildman–Crippen LogP) is -0.0365. The average molecular weight is 504 g/mol. The van der Waals surface area contributed by atoms with Crippen molar-refractivity contribution in [2.75, 3.05) is 12.0 Å². The van der Waals surface area contributed by atoms with Gasteiger partial charge in [-0.2, -0.15) is 11.8 Å². The largest absolute Gasteiger partial charge is 0.480 e. The maximum atomic E-state index is 13.0. The molecular weight excluding hydrogens is 462 g/mol. The van der Waals surface area contributed by atoms with E-state index in [0.29, 0.717) is 18.6 Å². The Hall–Kier alpha value is -2.34. The van der Waals surface area contributed by atoms with E-state index in [9.17, 15) is 29.1 Å². The highest BCUT2D eigenvalue weighted by molar-refractivity contribution is 7.98. The van der Waals surface area contributed by atoms with Gasteiger partial charge in [-0.3, -0.25) is 19.2 Å². The molecule has 0 aromatic rings. The first-order chi connectivity index (χ1) is 15.8. The molecule has 0 heterocycles. The van der Waals surface area contributed by atoms with Crippen molar-refractivity contribution in [1.29, 1.82) is 0 Å². The van der Waals surface area contributed by atoms with E-state index in [1.165, 1.54) is 11.8 Å². The summed E-state index contributed by atoms with van der Waals surface area (Å²) < 4.78 is 0. The third kappa shape index (κ3) is 13.4. The minimum atomic E-state index is -1.20. The molecule has 12 heteroatoms. The summed E-state index contributed by atoms with van der Waals surface area (Å²) in [4.78, 5) is 61.1. The topological polar surface area (TPSA) is 194 Å². The van der Waals surface area contributed by atoms with Crippen molar-refractivity contribution in [3.8, 4) is 0 Å². The second-order valence-electron chi connectivity index (χ2n) is 9.17. The molecule has 0 rings (SSSR count). The molecule has 11 nitrogen and oxygen atoms in total. The van der Waals surface area contributed by atoms with Gasteiger partial charge in [0.2, 0.25) is 23.6 Å². The van der Waals surface area contributed by atoms with Crippen molar-refractivity contribution < 1.29 is 29.1 Å². The Morgan fingerprint density at radius 1 is 0.794 bits per heavy atom. The summed E-state index contributed by atoms with van der Waals surface area (Å²) in [6, 6.07) is -4.09. The maximum absolute atomic E-state index is 13.0. The number of carboxylic acid groups (broad SMARTS) is 1. The number of carboxylic acids is 1. The minimum absolute atomic E-state index is 0.00115. The molecule has 34 heavy (non-hydrogen) atoms. The monoisotopic (exact) mass is 503 g/mol. The van der Waals surface area contributed by atoms with Crippen molar-refractivity contribution in [2.45, 2.75) is 84.0 Å². The van der Waals surface area contributed by atoms with Crippen molar-refractivity contribution in [2.24, 2.45) is 23.3 Å². The molecule has 0 bridgehead atoms. The van der Waals surface area contributed by atoms with Gasteiger partial charge in [0.25, 0.3) is 0 Å². The lowest BCUT2D eigenvalue weighted by atomic mass is 10.0. The summed E-state index contributed by atoms with van der Waals surface area (Å²) in [5, 5.41) is 17.0. The molecule has 0 radical (unpaired) electrons. The van der Waals surface area contributed by atoms with Gasteiger partial charge < -0.3 is 32.5 Å². The van der Waals surface area contributed by atoms with Crippen molar-refractivity contribution >= 4 is 41.4 Å². The summed E-state index contributed by atoms with van der Waals surface area (Å²) in [6.07, 6.45) is 2.47. The number of amides is 4. The standard InChI is InChI=1S/C22H41N5O6S/c1-12(2)10-14(23)19(29)25-16(8-9-34-5)21(31)26-15(6-7-18(24)28)20(30)27-17(22(32)33)11-13(3)4/h12-17H,6-11,23H2,1-5H3,(H2,24,28)(H,25,29)(H,26,31)(H,27,30)(H,32,33). The quantitative estimate of drug-likeness (QED) is 0.159. The van der Waals surface area contributed by atoms with E-state index in [-0.39, 0.29) is 31.1 Å². The molecule has 0 aliphatic rings. The Bertz CT molecular complexity index is 703. The second kappa shape index (κ2) is 16.3. The molecule has 0 aliphatic heterocycles. The second-order valence-corrected chi connectivity index (χ2v) is 10.2. The first-order valence-electron chi connectivity index (χ1n) is 11.4. The van der Waals surface area contributed by atoms with E-state index in [4.69, 9.17) is 11.5 Å². The third-order valence-electron chi connectivity index (χ3n) is 4.94. The fourth-order valence-electron chi connectivity index (χ4n) is 3.19. The first-order valence-corrected chi connectivity index (χ1v) is 12.8. The molecule has 0 saturated carbocycles. The Balaban J connectivity index is 5.53. The number of primary amides is 1. The zero-order valence-corrected chi connectivity index (χ0v) is 21.6. The van der Waals surface area contributed by atoms with Gasteiger partial charge in [0.05, 0.1) is 6.04 Å². The van der Waals surface area contributed by atoms with Crippen LogP contribution in [-0.2, 0) is 24.0 Å². The van der Waals surface area contributed by atoms with E-state index >= 15 is 0 Å². The van der Waals surface area contributed by atoms with Crippen molar-refractivity contribution in [1.82, 2.24) is 16.0 Å². The van der Waals surface area contributed by atoms with Gasteiger partial charge in [-0.05, 0) is 49.5 Å². The van der Waals surface area contributed by atoms with E-state index in [0.717, 1.165) is 0 Å². The van der Waals surface area contributed by atoms with Crippen LogP contribution in [0.15, 0.2) is 0 Å². The molecule has 0 aromatic heterocycles. The summed E-state index contributed by atoms with van der Waals surface area (Å²) in [7, 11) is 0. The van der Waals surface area contributed by atoms with Gasteiger partial charge in [0.15, 0.2) is 0 Å². The molecule has 0 aromatic carbocycles. The Morgan fingerprint density at radius 2 is 1.26 bits per heavy atom. The van der Waals surface area contributed by atoms with E-state index in [2.05, 4.69) is 16.0 Å². The summed E-state index contributed by atoms with van der Waals surface area (Å²) >= 11 is 1.48. The molecule has 4 amide bonds. The summed E-state index contributed by atoms with van der Waals surface area (Å²) in [5.41, 5.74) is 11.1. The van der Waals surface area contributed by atoms with Crippen LogP contribution in [0.3, 0.4) is 0 Å². The van der Waals surface area contributed by atoms with Gasteiger partial charge in [0, 0.05) is 6.42 Å². The van der Waals surface area contributed by atoms with Gasteiger partial charge in [-0.15, -0.1) is 0 Å². The van der Waals surface area contributed by atoms with E-state index < -0.39 is 53.8 Å². The molecule has 0 aliphatic carbocycles. The molecule has 4 atom stereocenters. The molecule has 196 valence electrons. The number of nitrogens with one attached hydrogen (secondary N) is 3.